The van der Waals surface area contributed by atoms with Crippen molar-refractivity contribution in [3.63, 3.8) is 0 Å². The maximum absolute atomic E-state index is 12.1. The Balaban J connectivity index is 1.54. The average molecular weight is 324 g/mol. The molecule has 0 aliphatic heterocycles. The van der Waals surface area contributed by atoms with Gasteiger partial charge in [0.15, 0.2) is 5.82 Å². The summed E-state index contributed by atoms with van der Waals surface area (Å²) in [7, 11) is 0. The summed E-state index contributed by atoms with van der Waals surface area (Å²) in [5.41, 5.74) is 1.13. The molecule has 3 aromatic heterocycles. The molecular formula is C16H16N6O2. The van der Waals surface area contributed by atoms with E-state index in [-0.39, 0.29) is 5.91 Å². The van der Waals surface area contributed by atoms with Crippen LogP contribution in [-0.4, -0.2) is 37.1 Å². The zero-order valence-electron chi connectivity index (χ0n) is 13.1. The Morgan fingerprint density at radius 2 is 2.29 bits per heavy atom. The number of pyridine rings is 1. The third kappa shape index (κ3) is 3.03. The van der Waals surface area contributed by atoms with Crippen molar-refractivity contribution >= 4 is 5.91 Å². The molecule has 1 aliphatic carbocycles. The highest BCUT2D eigenvalue weighted by Crippen LogP contribution is 2.27. The summed E-state index contributed by atoms with van der Waals surface area (Å²) in [6, 6.07) is 3.59. The second-order valence-corrected chi connectivity index (χ2v) is 5.87. The van der Waals surface area contributed by atoms with Crippen LogP contribution in [0.3, 0.4) is 0 Å². The van der Waals surface area contributed by atoms with Crippen LogP contribution < -0.4 is 5.32 Å². The molecule has 1 saturated carbocycles. The molecule has 8 nitrogen and oxygen atoms in total. The van der Waals surface area contributed by atoms with Gasteiger partial charge in [-0.2, -0.15) is 4.98 Å². The Morgan fingerprint density at radius 3 is 3.04 bits per heavy atom. The molecule has 0 bridgehead atoms. The normalized spacial score (nSPS) is 13.9. The molecule has 4 rings (SSSR count). The summed E-state index contributed by atoms with van der Waals surface area (Å²) in [6.07, 6.45) is 7.27. The van der Waals surface area contributed by atoms with Crippen LogP contribution in [0.25, 0.3) is 17.3 Å². The maximum Gasteiger partial charge on any atom is 0.271 e. The van der Waals surface area contributed by atoms with E-state index in [1.165, 1.54) is 12.8 Å². The van der Waals surface area contributed by atoms with Crippen molar-refractivity contribution < 1.29 is 9.32 Å². The Kier molecular flexibility index (Phi) is 3.56. The highest BCUT2D eigenvalue weighted by atomic mass is 16.5. The second-order valence-electron chi connectivity index (χ2n) is 5.87. The van der Waals surface area contributed by atoms with E-state index in [0.717, 1.165) is 12.1 Å². The lowest BCUT2D eigenvalue weighted by molar-refractivity contribution is 0.0947. The van der Waals surface area contributed by atoms with Gasteiger partial charge < -0.3 is 9.84 Å². The Morgan fingerprint density at radius 1 is 1.42 bits per heavy atom. The second kappa shape index (κ2) is 5.88. The summed E-state index contributed by atoms with van der Waals surface area (Å²) in [5.74, 6) is 2.09. The summed E-state index contributed by atoms with van der Waals surface area (Å²) in [4.78, 5) is 24.7. The van der Waals surface area contributed by atoms with Gasteiger partial charge in [-0.3, -0.25) is 9.36 Å². The standard InChI is InChI=1S/C16H16N6O2/c1-10-20-16(24-21-10)12-4-5-17-14(6-12)22-8-13(19-9-22)15(23)18-7-11-2-3-11/h4-6,8-9,11H,2-3,7H2,1H3,(H,18,23). The summed E-state index contributed by atoms with van der Waals surface area (Å²) >= 11 is 0. The average Bonchev–Trinajstić information content (AvgIpc) is 3.11. The first kappa shape index (κ1) is 14.6. The lowest BCUT2D eigenvalue weighted by Gasteiger charge is -2.02. The van der Waals surface area contributed by atoms with Crippen molar-refractivity contribution in [2.75, 3.05) is 6.54 Å². The van der Waals surface area contributed by atoms with Crippen LogP contribution in [0.5, 0.6) is 0 Å². The van der Waals surface area contributed by atoms with E-state index >= 15 is 0 Å². The molecule has 1 amide bonds. The summed E-state index contributed by atoms with van der Waals surface area (Å²) in [5, 5.41) is 6.68. The van der Waals surface area contributed by atoms with Crippen LogP contribution in [0.2, 0.25) is 0 Å². The number of nitrogens with zero attached hydrogens (tertiary/aromatic N) is 5. The number of carbonyl (C=O) groups excluding carboxylic acids is 1. The molecular weight excluding hydrogens is 308 g/mol. The zero-order chi connectivity index (χ0) is 16.5. The third-order valence-corrected chi connectivity index (χ3v) is 3.85. The number of carbonyl (C=O) groups is 1. The van der Waals surface area contributed by atoms with Gasteiger partial charge in [0, 0.05) is 24.5 Å². The van der Waals surface area contributed by atoms with E-state index in [9.17, 15) is 4.79 Å². The predicted octanol–water partition coefficient (Wildman–Crippen LogP) is 1.77. The highest BCUT2D eigenvalue weighted by Gasteiger charge is 2.22. The lowest BCUT2D eigenvalue weighted by atomic mass is 10.2. The first-order valence-electron chi connectivity index (χ1n) is 7.78. The minimum atomic E-state index is -0.163. The minimum Gasteiger partial charge on any atom is -0.350 e. The quantitative estimate of drug-likeness (QED) is 0.768. The van der Waals surface area contributed by atoms with Gasteiger partial charge in [-0.15, -0.1) is 0 Å². The number of nitrogens with one attached hydrogen (secondary N) is 1. The van der Waals surface area contributed by atoms with Crippen molar-refractivity contribution in [2.45, 2.75) is 19.8 Å². The lowest BCUT2D eigenvalue weighted by Crippen LogP contribution is -2.25. The van der Waals surface area contributed by atoms with Crippen molar-refractivity contribution in [3.8, 4) is 17.3 Å². The van der Waals surface area contributed by atoms with Gasteiger partial charge >= 0.3 is 0 Å². The number of amides is 1. The first-order valence-corrected chi connectivity index (χ1v) is 7.78. The molecule has 1 fully saturated rings. The molecule has 0 saturated heterocycles. The van der Waals surface area contributed by atoms with E-state index in [4.69, 9.17) is 4.52 Å². The number of rotatable bonds is 5. The summed E-state index contributed by atoms with van der Waals surface area (Å²) < 4.78 is 6.86. The smallest absolute Gasteiger partial charge is 0.271 e. The largest absolute Gasteiger partial charge is 0.350 e. The van der Waals surface area contributed by atoms with Crippen molar-refractivity contribution in [2.24, 2.45) is 5.92 Å². The van der Waals surface area contributed by atoms with Gasteiger partial charge in [0.05, 0.1) is 0 Å². The van der Waals surface area contributed by atoms with Gasteiger partial charge in [0.1, 0.15) is 17.8 Å². The van der Waals surface area contributed by atoms with Crippen LogP contribution in [0, 0.1) is 12.8 Å². The fourth-order valence-electron chi connectivity index (χ4n) is 2.32. The van der Waals surface area contributed by atoms with Crippen LogP contribution >= 0.6 is 0 Å². The van der Waals surface area contributed by atoms with Crippen LogP contribution in [0.1, 0.15) is 29.2 Å². The van der Waals surface area contributed by atoms with Crippen LogP contribution in [-0.2, 0) is 0 Å². The predicted molar refractivity (Wildman–Crippen MR) is 84.4 cm³/mol. The molecule has 3 heterocycles. The SMILES string of the molecule is Cc1noc(-c2ccnc(-n3cnc(C(=O)NCC4CC4)c3)c2)n1. The van der Waals surface area contributed by atoms with E-state index in [0.29, 0.717) is 29.1 Å². The van der Waals surface area contributed by atoms with E-state index in [2.05, 4.69) is 25.4 Å². The van der Waals surface area contributed by atoms with Gasteiger partial charge in [-0.1, -0.05) is 5.16 Å². The van der Waals surface area contributed by atoms with Crippen LogP contribution in [0.15, 0.2) is 35.4 Å². The fourth-order valence-corrected chi connectivity index (χ4v) is 2.32. The first-order chi connectivity index (χ1) is 11.7. The molecule has 3 aromatic rings. The molecule has 0 unspecified atom stereocenters. The Hall–Kier alpha value is -3.03. The fraction of sp³-hybridized carbons (Fsp3) is 0.312. The zero-order valence-corrected chi connectivity index (χ0v) is 13.1. The van der Waals surface area contributed by atoms with Crippen molar-refractivity contribution in [1.82, 2.24) is 30.0 Å². The molecule has 24 heavy (non-hydrogen) atoms. The van der Waals surface area contributed by atoms with E-state index in [1.807, 2.05) is 0 Å². The van der Waals surface area contributed by atoms with Crippen molar-refractivity contribution in [3.05, 3.63) is 42.4 Å². The Bertz CT molecular complexity index is 880. The molecule has 8 heteroatoms. The van der Waals surface area contributed by atoms with E-state index < -0.39 is 0 Å². The number of hydrogen-bond donors (Lipinski definition) is 1. The number of hydrogen-bond acceptors (Lipinski definition) is 6. The third-order valence-electron chi connectivity index (χ3n) is 3.85. The monoisotopic (exact) mass is 324 g/mol. The van der Waals surface area contributed by atoms with Crippen LogP contribution in [0.4, 0.5) is 0 Å². The van der Waals surface area contributed by atoms with Gasteiger partial charge in [0.25, 0.3) is 11.8 Å². The summed E-state index contributed by atoms with van der Waals surface area (Å²) in [6.45, 7) is 2.48. The van der Waals surface area contributed by atoms with Gasteiger partial charge in [-0.25, -0.2) is 9.97 Å². The van der Waals surface area contributed by atoms with Gasteiger partial charge in [-0.05, 0) is 37.8 Å². The maximum atomic E-state index is 12.1. The molecule has 0 atom stereocenters. The highest BCUT2D eigenvalue weighted by molar-refractivity contribution is 5.92. The van der Waals surface area contributed by atoms with E-state index in [1.54, 1.807) is 42.3 Å². The molecule has 0 radical (unpaired) electrons. The molecule has 1 N–H and O–H groups in total. The van der Waals surface area contributed by atoms with Crippen molar-refractivity contribution in [1.29, 1.82) is 0 Å². The molecule has 0 spiro atoms. The molecule has 0 aromatic carbocycles. The minimum absolute atomic E-state index is 0.163. The number of aryl methyl sites for hydroxylation is 1. The molecule has 122 valence electrons. The number of aromatic nitrogens is 5. The Labute approximate surface area is 137 Å². The topological polar surface area (TPSA) is 98.7 Å². The number of imidazole rings is 1. The molecule has 1 aliphatic rings. The van der Waals surface area contributed by atoms with Gasteiger partial charge in [0.2, 0.25) is 0 Å².